The summed E-state index contributed by atoms with van der Waals surface area (Å²) in [6, 6.07) is 0. The lowest BCUT2D eigenvalue weighted by Gasteiger charge is -2.24. The maximum absolute atomic E-state index is 11.7. The van der Waals surface area contributed by atoms with Crippen LogP contribution in [0.25, 0.3) is 0 Å². The molecule has 0 spiro atoms. The summed E-state index contributed by atoms with van der Waals surface area (Å²) in [7, 11) is 0. The van der Waals surface area contributed by atoms with Gasteiger partial charge in [-0.25, -0.2) is 0 Å². The molecular formula is C12H22O2. The first-order chi connectivity index (χ1) is 6.58. The van der Waals surface area contributed by atoms with Gasteiger partial charge in [0.15, 0.2) is 0 Å². The normalized spacial score (nSPS) is 24.9. The molecule has 1 atom stereocenters. The zero-order chi connectivity index (χ0) is 10.6. The van der Waals surface area contributed by atoms with Gasteiger partial charge in [-0.15, -0.1) is 0 Å². The molecule has 0 bridgehead atoms. The molecule has 0 aromatic heterocycles. The van der Waals surface area contributed by atoms with Crippen molar-refractivity contribution in [2.75, 3.05) is 6.61 Å². The molecule has 1 rings (SSSR count). The maximum Gasteiger partial charge on any atom is 0.309 e. The average Bonchev–Trinajstić information content (AvgIpc) is 2.45. The monoisotopic (exact) mass is 198 g/mol. The first-order valence-corrected chi connectivity index (χ1v) is 5.74. The van der Waals surface area contributed by atoms with Crippen molar-refractivity contribution in [1.82, 2.24) is 0 Å². The molecule has 14 heavy (non-hydrogen) atoms. The Bertz CT molecular complexity index is 196. The van der Waals surface area contributed by atoms with Crippen LogP contribution < -0.4 is 0 Å². The molecule has 1 fully saturated rings. The first kappa shape index (κ1) is 11.5. The van der Waals surface area contributed by atoms with E-state index in [0.717, 1.165) is 25.7 Å². The Hall–Kier alpha value is -0.530. The van der Waals surface area contributed by atoms with E-state index in [4.69, 9.17) is 4.74 Å². The predicted molar refractivity (Wildman–Crippen MR) is 57.0 cm³/mol. The average molecular weight is 198 g/mol. The van der Waals surface area contributed by atoms with Gasteiger partial charge in [0.2, 0.25) is 0 Å². The molecule has 2 nitrogen and oxygen atoms in total. The molecule has 0 N–H and O–H groups in total. The van der Waals surface area contributed by atoms with Crippen LogP contribution in [0.5, 0.6) is 0 Å². The lowest BCUT2D eigenvalue weighted by Crippen LogP contribution is -2.27. The van der Waals surface area contributed by atoms with Crippen LogP contribution in [0.4, 0.5) is 0 Å². The molecule has 0 aromatic rings. The van der Waals surface area contributed by atoms with E-state index in [9.17, 15) is 4.79 Å². The van der Waals surface area contributed by atoms with Crippen LogP contribution in [-0.2, 0) is 9.53 Å². The predicted octanol–water partition coefficient (Wildman–Crippen LogP) is 3.16. The van der Waals surface area contributed by atoms with Crippen molar-refractivity contribution in [3.05, 3.63) is 0 Å². The summed E-state index contributed by atoms with van der Waals surface area (Å²) in [5.41, 5.74) is 0.156. The zero-order valence-electron chi connectivity index (χ0n) is 9.64. The minimum atomic E-state index is 0.0287. The Morgan fingerprint density at radius 2 is 2.21 bits per heavy atom. The first-order valence-electron chi connectivity index (χ1n) is 5.74. The van der Waals surface area contributed by atoms with Gasteiger partial charge in [0, 0.05) is 0 Å². The number of ether oxygens (including phenoxy) is 1. The standard InChI is InChI=1S/C12H22O2/c1-4-5-9-14-11(13)10-7-6-8-12(10,2)3/h10H,4-9H2,1-3H3. The zero-order valence-corrected chi connectivity index (χ0v) is 9.64. The molecule has 0 radical (unpaired) electrons. The Morgan fingerprint density at radius 1 is 1.50 bits per heavy atom. The Morgan fingerprint density at radius 3 is 2.71 bits per heavy atom. The fraction of sp³-hybridized carbons (Fsp3) is 0.917. The fourth-order valence-corrected chi connectivity index (χ4v) is 2.18. The van der Waals surface area contributed by atoms with Crippen molar-refractivity contribution >= 4 is 5.97 Å². The van der Waals surface area contributed by atoms with E-state index in [0.29, 0.717) is 6.61 Å². The van der Waals surface area contributed by atoms with Gasteiger partial charge in [0.25, 0.3) is 0 Å². The third-order valence-electron chi connectivity index (χ3n) is 3.28. The SMILES string of the molecule is CCCCOC(=O)C1CCCC1(C)C. The second-order valence-electron chi connectivity index (χ2n) is 4.95. The second kappa shape index (κ2) is 4.81. The summed E-state index contributed by atoms with van der Waals surface area (Å²) < 4.78 is 5.26. The topological polar surface area (TPSA) is 26.3 Å². The highest BCUT2D eigenvalue weighted by atomic mass is 16.5. The number of hydrogen-bond acceptors (Lipinski definition) is 2. The maximum atomic E-state index is 11.7. The number of unbranched alkanes of at least 4 members (excludes halogenated alkanes) is 1. The van der Waals surface area contributed by atoms with E-state index in [-0.39, 0.29) is 17.3 Å². The number of esters is 1. The van der Waals surface area contributed by atoms with E-state index in [1.807, 2.05) is 0 Å². The van der Waals surface area contributed by atoms with Crippen molar-refractivity contribution in [2.24, 2.45) is 11.3 Å². The minimum absolute atomic E-state index is 0.0287. The summed E-state index contributed by atoms with van der Waals surface area (Å²) in [5.74, 6) is 0.167. The van der Waals surface area contributed by atoms with Crippen LogP contribution in [0.15, 0.2) is 0 Å². The number of hydrogen-bond donors (Lipinski definition) is 0. The van der Waals surface area contributed by atoms with Crippen LogP contribution in [-0.4, -0.2) is 12.6 Å². The van der Waals surface area contributed by atoms with Crippen molar-refractivity contribution in [3.63, 3.8) is 0 Å². The third kappa shape index (κ3) is 2.73. The summed E-state index contributed by atoms with van der Waals surface area (Å²) in [4.78, 5) is 11.7. The van der Waals surface area contributed by atoms with Crippen molar-refractivity contribution in [2.45, 2.75) is 52.9 Å². The van der Waals surface area contributed by atoms with Gasteiger partial charge in [-0.1, -0.05) is 33.6 Å². The lowest BCUT2D eigenvalue weighted by atomic mass is 9.82. The van der Waals surface area contributed by atoms with Crippen LogP contribution >= 0.6 is 0 Å². The highest BCUT2D eigenvalue weighted by molar-refractivity contribution is 5.73. The molecule has 1 unspecified atom stereocenters. The molecule has 0 amide bonds. The highest BCUT2D eigenvalue weighted by Crippen LogP contribution is 2.43. The summed E-state index contributed by atoms with van der Waals surface area (Å²) in [6.45, 7) is 7.05. The molecule has 82 valence electrons. The Labute approximate surface area is 87.0 Å². The van der Waals surface area contributed by atoms with Crippen LogP contribution in [0, 0.1) is 11.3 Å². The molecule has 2 heteroatoms. The Kier molecular flexibility index (Phi) is 3.97. The van der Waals surface area contributed by atoms with Gasteiger partial charge in [-0.05, 0) is 24.7 Å². The Balaban J connectivity index is 2.36. The third-order valence-corrected chi connectivity index (χ3v) is 3.28. The molecule has 0 heterocycles. The summed E-state index contributed by atoms with van der Waals surface area (Å²) >= 11 is 0. The molecule has 0 aliphatic heterocycles. The molecule has 0 aromatic carbocycles. The largest absolute Gasteiger partial charge is 0.465 e. The van der Waals surface area contributed by atoms with Crippen LogP contribution in [0.1, 0.15) is 52.9 Å². The van der Waals surface area contributed by atoms with Gasteiger partial charge in [0.1, 0.15) is 0 Å². The van der Waals surface area contributed by atoms with E-state index in [2.05, 4.69) is 20.8 Å². The van der Waals surface area contributed by atoms with E-state index in [1.165, 1.54) is 6.42 Å². The quantitative estimate of drug-likeness (QED) is 0.512. The van der Waals surface area contributed by atoms with Gasteiger partial charge in [-0.3, -0.25) is 4.79 Å². The van der Waals surface area contributed by atoms with Crippen molar-refractivity contribution in [3.8, 4) is 0 Å². The number of rotatable bonds is 4. The summed E-state index contributed by atoms with van der Waals surface area (Å²) in [5, 5.41) is 0. The van der Waals surface area contributed by atoms with Gasteiger partial charge >= 0.3 is 5.97 Å². The van der Waals surface area contributed by atoms with E-state index >= 15 is 0 Å². The smallest absolute Gasteiger partial charge is 0.309 e. The van der Waals surface area contributed by atoms with Gasteiger partial charge in [-0.2, -0.15) is 0 Å². The lowest BCUT2D eigenvalue weighted by molar-refractivity contribution is -0.151. The highest BCUT2D eigenvalue weighted by Gasteiger charge is 2.40. The second-order valence-corrected chi connectivity index (χ2v) is 4.95. The molecular weight excluding hydrogens is 176 g/mol. The van der Waals surface area contributed by atoms with Crippen molar-refractivity contribution in [1.29, 1.82) is 0 Å². The van der Waals surface area contributed by atoms with Crippen LogP contribution in [0.2, 0.25) is 0 Å². The summed E-state index contributed by atoms with van der Waals surface area (Å²) in [6.07, 6.45) is 5.40. The number of carbonyl (C=O) groups excluding carboxylic acids is 1. The van der Waals surface area contributed by atoms with E-state index < -0.39 is 0 Å². The van der Waals surface area contributed by atoms with Crippen LogP contribution in [0.3, 0.4) is 0 Å². The minimum Gasteiger partial charge on any atom is -0.465 e. The molecule has 0 saturated heterocycles. The molecule has 1 saturated carbocycles. The molecule has 1 aliphatic carbocycles. The van der Waals surface area contributed by atoms with Gasteiger partial charge < -0.3 is 4.74 Å². The number of carbonyl (C=O) groups is 1. The van der Waals surface area contributed by atoms with Gasteiger partial charge in [0.05, 0.1) is 12.5 Å². The van der Waals surface area contributed by atoms with E-state index in [1.54, 1.807) is 0 Å². The van der Waals surface area contributed by atoms with Crippen molar-refractivity contribution < 1.29 is 9.53 Å². The molecule has 1 aliphatic rings. The fourth-order valence-electron chi connectivity index (χ4n) is 2.18.